The second-order valence-corrected chi connectivity index (χ2v) is 11.9. The van der Waals surface area contributed by atoms with Crippen LogP contribution in [0.3, 0.4) is 0 Å². The fraction of sp³-hybridized carbons (Fsp3) is 0.273. The predicted molar refractivity (Wildman–Crippen MR) is 177 cm³/mol. The van der Waals surface area contributed by atoms with Gasteiger partial charge in [-0.3, -0.25) is 19.2 Å². The van der Waals surface area contributed by atoms with Crippen LogP contribution >= 0.6 is 11.3 Å². The zero-order valence-electron chi connectivity index (χ0n) is 25.0. The van der Waals surface area contributed by atoms with Crippen molar-refractivity contribution < 1.29 is 19.2 Å². The van der Waals surface area contributed by atoms with Gasteiger partial charge in [0.2, 0.25) is 11.8 Å². The Kier molecular flexibility index (Phi) is 9.48. The highest BCUT2D eigenvalue weighted by atomic mass is 32.1. The summed E-state index contributed by atoms with van der Waals surface area (Å²) in [5, 5.41) is 12.8. The van der Waals surface area contributed by atoms with Gasteiger partial charge in [-0.15, -0.1) is 11.3 Å². The summed E-state index contributed by atoms with van der Waals surface area (Å²) in [6, 6.07) is 17.3. The number of rotatable bonds is 3. The monoisotopic (exact) mass is 638 g/mol. The van der Waals surface area contributed by atoms with Crippen LogP contribution in [0.1, 0.15) is 39.3 Å². The Morgan fingerprint density at radius 1 is 0.935 bits per heavy atom. The van der Waals surface area contributed by atoms with Gasteiger partial charge in [0.15, 0.2) is 0 Å². The van der Waals surface area contributed by atoms with Crippen LogP contribution in [0.4, 0.5) is 5.82 Å². The number of hydrogen-bond donors (Lipinski definition) is 5. The van der Waals surface area contributed by atoms with Crippen molar-refractivity contribution >= 4 is 61.9 Å². The molecule has 0 saturated carbocycles. The molecule has 1 aliphatic rings. The number of nitrogens with one attached hydrogen (secondary N) is 5. The first-order valence-corrected chi connectivity index (χ1v) is 16.1. The van der Waals surface area contributed by atoms with Crippen LogP contribution in [0, 0.1) is 0 Å². The van der Waals surface area contributed by atoms with Gasteiger partial charge in [-0.05, 0) is 54.8 Å². The Balaban J connectivity index is 1.20. The van der Waals surface area contributed by atoms with Crippen molar-refractivity contribution in [3.63, 3.8) is 0 Å². The highest BCUT2D eigenvalue weighted by Gasteiger charge is 2.24. The van der Waals surface area contributed by atoms with Gasteiger partial charge in [0, 0.05) is 55.3 Å². The molecule has 2 bridgehead atoms. The molecule has 2 aromatic carbocycles. The third-order valence-electron chi connectivity index (χ3n) is 7.81. The van der Waals surface area contributed by atoms with Crippen molar-refractivity contribution in [2.24, 2.45) is 0 Å². The van der Waals surface area contributed by atoms with Crippen molar-refractivity contribution in [3.8, 4) is 0 Å². The summed E-state index contributed by atoms with van der Waals surface area (Å²) in [7, 11) is 0. The number of para-hydroxylation sites is 1. The molecule has 5 N–H and O–H groups in total. The first-order valence-electron chi connectivity index (χ1n) is 15.2. The lowest BCUT2D eigenvalue weighted by molar-refractivity contribution is -0.123. The number of H-pyrrole nitrogens is 1. The van der Waals surface area contributed by atoms with Crippen LogP contribution in [-0.2, 0) is 16.0 Å². The third kappa shape index (κ3) is 7.32. The Morgan fingerprint density at radius 2 is 1.80 bits per heavy atom. The Bertz CT molecular complexity index is 1890. The summed E-state index contributed by atoms with van der Waals surface area (Å²) in [6.45, 7) is 1.19. The van der Waals surface area contributed by atoms with E-state index in [1.807, 2.05) is 30.5 Å². The molecule has 12 nitrogen and oxygen atoms in total. The van der Waals surface area contributed by atoms with E-state index in [-0.39, 0.29) is 42.9 Å². The molecule has 6 rings (SSSR count). The lowest BCUT2D eigenvalue weighted by Gasteiger charge is -2.23. The van der Waals surface area contributed by atoms with Crippen LogP contribution in [0.15, 0.2) is 72.4 Å². The number of carbonyl (C=O) groups excluding carboxylic acids is 4. The zero-order valence-corrected chi connectivity index (χ0v) is 25.9. The summed E-state index contributed by atoms with van der Waals surface area (Å²) in [5.74, 6) is -0.883. The van der Waals surface area contributed by atoms with Crippen molar-refractivity contribution in [3.05, 3.63) is 89.2 Å². The van der Waals surface area contributed by atoms with Crippen LogP contribution in [-0.4, -0.2) is 82.2 Å². The molecule has 0 unspecified atom stereocenters. The molecule has 5 aromatic rings. The van der Waals surface area contributed by atoms with E-state index in [0.717, 1.165) is 26.7 Å². The van der Waals surface area contributed by atoms with E-state index in [2.05, 4.69) is 36.2 Å². The first kappa shape index (κ1) is 30.7. The molecule has 13 heteroatoms. The highest BCUT2D eigenvalue weighted by molar-refractivity contribution is 7.16. The van der Waals surface area contributed by atoms with E-state index in [9.17, 15) is 19.2 Å². The van der Waals surface area contributed by atoms with E-state index < -0.39 is 11.9 Å². The van der Waals surface area contributed by atoms with Crippen LogP contribution in [0.25, 0.3) is 21.1 Å². The number of pyridine rings is 1. The maximum absolute atomic E-state index is 13.5. The standard InChI is InChI=1S/C33H34N8O4S/c42-30-19-41(33(45)21-10-11-25-28(17-21)46-20-38-25)15-4-3-12-36-31(43)27(16-22-18-37-24-7-2-1-6-23(22)24)40-32(44)26-8-5-9-29(39-26)34-13-14-35-30/h1-2,5-11,17-18,20,27,37H,3-4,12-16,19H2,(H,34,39)(H,35,42)(H,36,43)(H,40,44)/t27-/m0/s1. The summed E-state index contributed by atoms with van der Waals surface area (Å²) in [4.78, 5) is 66.7. The summed E-state index contributed by atoms with van der Waals surface area (Å²) in [5.41, 5.74) is 5.04. The molecule has 0 radical (unpaired) electrons. The molecule has 0 saturated heterocycles. The molecule has 1 atom stereocenters. The topological polar surface area (TPSA) is 161 Å². The second kappa shape index (κ2) is 14.2. The summed E-state index contributed by atoms with van der Waals surface area (Å²) in [6.07, 6.45) is 3.25. The number of nitrogens with zero attached hydrogens (tertiary/aromatic N) is 3. The minimum absolute atomic E-state index is 0.106. The summed E-state index contributed by atoms with van der Waals surface area (Å²) < 4.78 is 0.897. The minimum Gasteiger partial charge on any atom is -0.368 e. The Hall–Kier alpha value is -5.30. The number of carbonyl (C=O) groups is 4. The van der Waals surface area contributed by atoms with E-state index >= 15 is 0 Å². The van der Waals surface area contributed by atoms with E-state index in [0.29, 0.717) is 43.9 Å². The third-order valence-corrected chi connectivity index (χ3v) is 8.60. The van der Waals surface area contributed by atoms with Crippen molar-refractivity contribution in [1.82, 2.24) is 35.8 Å². The smallest absolute Gasteiger partial charge is 0.270 e. The first-order chi connectivity index (χ1) is 22.4. The molecule has 3 aromatic heterocycles. The molecule has 4 amide bonds. The average molecular weight is 639 g/mol. The molecule has 0 aliphatic carbocycles. The van der Waals surface area contributed by atoms with Gasteiger partial charge < -0.3 is 31.2 Å². The van der Waals surface area contributed by atoms with Gasteiger partial charge in [-0.1, -0.05) is 24.3 Å². The molecule has 0 spiro atoms. The van der Waals surface area contributed by atoms with Crippen LogP contribution < -0.4 is 21.3 Å². The van der Waals surface area contributed by atoms with E-state index in [4.69, 9.17) is 0 Å². The van der Waals surface area contributed by atoms with Crippen LogP contribution in [0.2, 0.25) is 0 Å². The molecule has 1 aliphatic heterocycles. The molecular formula is C33H34N8O4S. The number of fused-ring (bicyclic) bond motifs is 4. The van der Waals surface area contributed by atoms with Crippen molar-refractivity contribution in [2.45, 2.75) is 25.3 Å². The molecule has 4 heterocycles. The number of thiazole rings is 1. The van der Waals surface area contributed by atoms with Gasteiger partial charge >= 0.3 is 0 Å². The van der Waals surface area contributed by atoms with E-state index in [1.54, 1.807) is 41.9 Å². The van der Waals surface area contributed by atoms with Gasteiger partial charge in [-0.2, -0.15) is 0 Å². The maximum atomic E-state index is 13.5. The number of benzene rings is 2. The number of anilines is 1. The number of aromatic amines is 1. The fourth-order valence-electron chi connectivity index (χ4n) is 5.43. The zero-order chi connectivity index (χ0) is 31.9. The Morgan fingerprint density at radius 3 is 2.72 bits per heavy atom. The number of amides is 4. The SMILES string of the molecule is O=C1CN(C(=O)c2ccc3ncsc3c2)CCCCNC(=O)[C@H](Cc2c[nH]c3ccccc23)NC(=O)c2cccc(n2)NCCN1. The predicted octanol–water partition coefficient (Wildman–Crippen LogP) is 3.09. The van der Waals surface area contributed by atoms with Gasteiger partial charge in [0.05, 0.1) is 22.3 Å². The van der Waals surface area contributed by atoms with E-state index in [1.165, 1.54) is 16.2 Å². The van der Waals surface area contributed by atoms with Crippen molar-refractivity contribution in [1.29, 1.82) is 0 Å². The summed E-state index contributed by atoms with van der Waals surface area (Å²) >= 11 is 1.45. The largest absolute Gasteiger partial charge is 0.368 e. The normalized spacial score (nSPS) is 17.3. The van der Waals surface area contributed by atoms with Crippen LogP contribution in [0.5, 0.6) is 0 Å². The highest BCUT2D eigenvalue weighted by Crippen LogP contribution is 2.21. The van der Waals surface area contributed by atoms with Gasteiger partial charge in [0.25, 0.3) is 11.8 Å². The molecular weight excluding hydrogens is 604 g/mol. The average Bonchev–Trinajstić information content (AvgIpc) is 3.72. The number of aromatic nitrogens is 3. The van der Waals surface area contributed by atoms with Gasteiger partial charge in [-0.25, -0.2) is 9.97 Å². The fourth-order valence-corrected chi connectivity index (χ4v) is 6.15. The van der Waals surface area contributed by atoms with Gasteiger partial charge in [0.1, 0.15) is 17.6 Å². The molecule has 236 valence electrons. The Labute approximate surface area is 269 Å². The van der Waals surface area contributed by atoms with Crippen molar-refractivity contribution in [2.75, 3.05) is 38.0 Å². The lowest BCUT2D eigenvalue weighted by atomic mass is 10.0. The quantitative estimate of drug-likeness (QED) is 0.203. The second-order valence-electron chi connectivity index (χ2n) is 11.0. The molecule has 0 fully saturated rings. The lowest BCUT2D eigenvalue weighted by Crippen LogP contribution is -2.48. The number of hydrogen-bond acceptors (Lipinski definition) is 8. The minimum atomic E-state index is -0.853. The molecule has 46 heavy (non-hydrogen) atoms. The maximum Gasteiger partial charge on any atom is 0.270 e.